The van der Waals surface area contributed by atoms with Gasteiger partial charge in [-0.3, -0.25) is 4.79 Å². The maximum absolute atomic E-state index is 12.7. The van der Waals surface area contributed by atoms with Gasteiger partial charge in [0.05, 0.1) is 0 Å². The van der Waals surface area contributed by atoms with Crippen LogP contribution in [0.3, 0.4) is 0 Å². The fourth-order valence-corrected chi connectivity index (χ4v) is 5.79. The Balaban J connectivity index is 2.06. The highest BCUT2D eigenvalue weighted by molar-refractivity contribution is 7.91. The van der Waals surface area contributed by atoms with E-state index in [2.05, 4.69) is 5.32 Å². The van der Waals surface area contributed by atoms with Gasteiger partial charge in [0.1, 0.15) is 4.21 Å². The first kappa shape index (κ1) is 17.4. The summed E-state index contributed by atoms with van der Waals surface area (Å²) in [6, 6.07) is 3.49. The van der Waals surface area contributed by atoms with Gasteiger partial charge in [-0.15, -0.1) is 11.3 Å². The molecular formula is C14H23N3O3S2. The molecule has 6 nitrogen and oxygen atoms in total. The van der Waals surface area contributed by atoms with Gasteiger partial charge in [-0.25, -0.2) is 8.42 Å². The predicted molar refractivity (Wildman–Crippen MR) is 87.3 cm³/mol. The van der Waals surface area contributed by atoms with E-state index in [9.17, 15) is 13.2 Å². The lowest BCUT2D eigenvalue weighted by molar-refractivity contribution is -0.118. The maximum atomic E-state index is 12.7. The Morgan fingerprint density at radius 2 is 2.23 bits per heavy atom. The van der Waals surface area contributed by atoms with Crippen LogP contribution in [0.1, 0.15) is 31.6 Å². The molecular weight excluding hydrogens is 322 g/mol. The zero-order valence-electron chi connectivity index (χ0n) is 12.9. The summed E-state index contributed by atoms with van der Waals surface area (Å²) in [6.45, 7) is 4.36. The second-order valence-electron chi connectivity index (χ2n) is 5.70. The molecule has 2 rings (SSSR count). The Morgan fingerprint density at radius 3 is 2.86 bits per heavy atom. The highest BCUT2D eigenvalue weighted by Crippen LogP contribution is 2.29. The third-order valence-corrected chi connectivity index (χ3v) is 7.43. The zero-order valence-corrected chi connectivity index (χ0v) is 14.5. The normalized spacial score (nSPS) is 23.4. The number of thiophene rings is 1. The fourth-order valence-electron chi connectivity index (χ4n) is 2.65. The number of hydrogen-bond acceptors (Lipinski definition) is 5. The van der Waals surface area contributed by atoms with Gasteiger partial charge < -0.3 is 11.1 Å². The average Bonchev–Trinajstić information content (AvgIpc) is 2.87. The number of carbonyl (C=O) groups excluding carboxylic acids is 1. The van der Waals surface area contributed by atoms with Crippen molar-refractivity contribution in [3.8, 4) is 0 Å². The van der Waals surface area contributed by atoms with Crippen molar-refractivity contribution in [2.75, 3.05) is 13.1 Å². The van der Waals surface area contributed by atoms with E-state index in [0.717, 1.165) is 4.88 Å². The van der Waals surface area contributed by atoms with Crippen LogP contribution in [0.2, 0.25) is 0 Å². The van der Waals surface area contributed by atoms with Crippen LogP contribution in [0.25, 0.3) is 0 Å². The van der Waals surface area contributed by atoms with Crippen molar-refractivity contribution in [1.82, 2.24) is 9.62 Å². The average molecular weight is 345 g/mol. The van der Waals surface area contributed by atoms with Gasteiger partial charge in [0, 0.05) is 37.0 Å². The van der Waals surface area contributed by atoms with Crippen LogP contribution in [0.15, 0.2) is 16.3 Å². The van der Waals surface area contributed by atoms with Gasteiger partial charge >= 0.3 is 0 Å². The Morgan fingerprint density at radius 1 is 1.50 bits per heavy atom. The summed E-state index contributed by atoms with van der Waals surface area (Å²) in [6.07, 6.45) is 2.03. The first-order valence-corrected chi connectivity index (χ1v) is 9.67. The summed E-state index contributed by atoms with van der Waals surface area (Å²) in [5, 5.41) is 2.71. The van der Waals surface area contributed by atoms with E-state index in [1.165, 1.54) is 18.3 Å². The van der Waals surface area contributed by atoms with Crippen molar-refractivity contribution in [2.24, 2.45) is 5.73 Å². The van der Waals surface area contributed by atoms with Gasteiger partial charge in [-0.1, -0.05) is 0 Å². The minimum atomic E-state index is -3.45. The summed E-state index contributed by atoms with van der Waals surface area (Å²) in [7, 11) is -3.45. The summed E-state index contributed by atoms with van der Waals surface area (Å²) in [5.41, 5.74) is 5.90. The lowest BCUT2D eigenvalue weighted by Crippen LogP contribution is -2.48. The molecule has 1 aromatic heterocycles. The van der Waals surface area contributed by atoms with E-state index in [-0.39, 0.29) is 18.0 Å². The van der Waals surface area contributed by atoms with E-state index in [1.807, 2.05) is 13.0 Å². The monoisotopic (exact) mass is 345 g/mol. The molecule has 8 heteroatoms. The molecule has 0 aliphatic carbocycles. The first-order valence-electron chi connectivity index (χ1n) is 7.41. The van der Waals surface area contributed by atoms with Gasteiger partial charge in [0.25, 0.3) is 10.0 Å². The molecule has 0 aromatic carbocycles. The van der Waals surface area contributed by atoms with Gasteiger partial charge in [-0.05, 0) is 38.3 Å². The molecule has 0 saturated carbocycles. The maximum Gasteiger partial charge on any atom is 0.252 e. The Bertz CT molecular complexity index is 627. The molecule has 1 saturated heterocycles. The van der Waals surface area contributed by atoms with Gasteiger partial charge in [0.2, 0.25) is 5.91 Å². The van der Waals surface area contributed by atoms with Crippen molar-refractivity contribution >= 4 is 27.3 Å². The molecule has 0 unspecified atom stereocenters. The standard InChI is InChI=1S/C14H23N3O3S2/c1-10-9-12(15)6-8-17(10)22(19,20)14-4-3-13(21-14)5-7-16-11(2)18/h3-4,10,12H,5-9,15H2,1-2H3,(H,16,18)/t10-,12+/m1/s1. The van der Waals surface area contributed by atoms with Crippen LogP contribution in [0, 0.1) is 0 Å². The zero-order chi connectivity index (χ0) is 16.3. The van der Waals surface area contributed by atoms with E-state index in [0.29, 0.717) is 36.6 Å². The molecule has 1 fully saturated rings. The molecule has 0 spiro atoms. The summed E-state index contributed by atoms with van der Waals surface area (Å²) in [4.78, 5) is 11.8. The molecule has 3 N–H and O–H groups in total. The lowest BCUT2D eigenvalue weighted by Gasteiger charge is -2.34. The number of piperidine rings is 1. The summed E-state index contributed by atoms with van der Waals surface area (Å²) >= 11 is 1.28. The molecule has 0 bridgehead atoms. The minimum Gasteiger partial charge on any atom is -0.356 e. The molecule has 22 heavy (non-hydrogen) atoms. The topological polar surface area (TPSA) is 92.5 Å². The molecule has 2 heterocycles. The number of sulfonamides is 1. The molecule has 0 radical (unpaired) electrons. The molecule has 1 amide bonds. The summed E-state index contributed by atoms with van der Waals surface area (Å²) in [5.74, 6) is -0.0807. The summed E-state index contributed by atoms with van der Waals surface area (Å²) < 4.78 is 27.4. The molecule has 1 aliphatic heterocycles. The predicted octanol–water partition coefficient (Wildman–Crippen LogP) is 0.927. The van der Waals surface area contributed by atoms with Crippen molar-refractivity contribution < 1.29 is 13.2 Å². The van der Waals surface area contributed by atoms with E-state index in [4.69, 9.17) is 5.73 Å². The minimum absolute atomic E-state index is 0.0707. The number of carbonyl (C=O) groups is 1. The van der Waals surface area contributed by atoms with Crippen molar-refractivity contribution in [3.63, 3.8) is 0 Å². The molecule has 2 atom stereocenters. The smallest absolute Gasteiger partial charge is 0.252 e. The quantitative estimate of drug-likeness (QED) is 0.830. The molecule has 124 valence electrons. The van der Waals surface area contributed by atoms with E-state index in [1.54, 1.807) is 10.4 Å². The Hall–Kier alpha value is -0.960. The van der Waals surface area contributed by atoms with Crippen LogP contribution in [0.4, 0.5) is 0 Å². The first-order chi connectivity index (χ1) is 10.3. The van der Waals surface area contributed by atoms with E-state index >= 15 is 0 Å². The van der Waals surface area contributed by atoms with E-state index < -0.39 is 10.0 Å². The number of nitrogens with two attached hydrogens (primary N) is 1. The third-order valence-electron chi connectivity index (χ3n) is 3.80. The van der Waals surface area contributed by atoms with Crippen LogP contribution in [0.5, 0.6) is 0 Å². The molecule has 1 aliphatic rings. The van der Waals surface area contributed by atoms with Crippen LogP contribution in [-0.4, -0.2) is 43.8 Å². The highest BCUT2D eigenvalue weighted by Gasteiger charge is 2.34. The Kier molecular flexibility index (Phi) is 5.60. The number of rotatable bonds is 5. The Labute approximate surface area is 135 Å². The van der Waals surface area contributed by atoms with Crippen LogP contribution < -0.4 is 11.1 Å². The number of hydrogen-bond donors (Lipinski definition) is 2. The van der Waals surface area contributed by atoms with Crippen LogP contribution >= 0.6 is 11.3 Å². The second kappa shape index (κ2) is 7.08. The third kappa shape index (κ3) is 4.07. The largest absolute Gasteiger partial charge is 0.356 e. The number of nitrogens with zero attached hydrogens (tertiary/aromatic N) is 1. The SMILES string of the molecule is CC(=O)NCCc1ccc(S(=O)(=O)N2CC[C@H](N)C[C@H]2C)s1. The van der Waals surface area contributed by atoms with Gasteiger partial charge in [-0.2, -0.15) is 4.31 Å². The van der Waals surface area contributed by atoms with Crippen molar-refractivity contribution in [3.05, 3.63) is 17.0 Å². The molecule has 1 aromatic rings. The van der Waals surface area contributed by atoms with Crippen molar-refractivity contribution in [1.29, 1.82) is 0 Å². The highest BCUT2D eigenvalue weighted by atomic mass is 32.2. The van der Waals surface area contributed by atoms with Crippen LogP contribution in [-0.2, 0) is 21.2 Å². The van der Waals surface area contributed by atoms with Crippen molar-refractivity contribution in [2.45, 2.75) is 49.4 Å². The fraction of sp³-hybridized carbons (Fsp3) is 0.643. The second-order valence-corrected chi connectivity index (χ2v) is 8.99. The lowest BCUT2D eigenvalue weighted by atomic mass is 10.0. The van der Waals surface area contributed by atoms with Gasteiger partial charge in [0.15, 0.2) is 0 Å². The number of amides is 1. The number of nitrogens with one attached hydrogen (secondary N) is 1.